The van der Waals surface area contributed by atoms with Crippen LogP contribution in [0.5, 0.6) is 0 Å². The van der Waals surface area contributed by atoms with Gasteiger partial charge in [-0.05, 0) is 37.6 Å². The minimum absolute atomic E-state index is 0.194. The maximum atomic E-state index is 14.2. The number of aryl methyl sites for hydroxylation is 1. The van der Waals surface area contributed by atoms with Crippen molar-refractivity contribution in [3.05, 3.63) is 64.8 Å². The lowest BCUT2D eigenvalue weighted by molar-refractivity contribution is 0.0954. The van der Waals surface area contributed by atoms with Gasteiger partial charge in [-0.1, -0.05) is 18.5 Å². The van der Waals surface area contributed by atoms with Crippen LogP contribution in [0, 0.1) is 12.7 Å². The molecule has 2 N–H and O–H groups in total. The number of amides is 1. The fraction of sp³-hybridized carbons (Fsp3) is 0.200. The number of aromatic nitrogens is 3. The Bertz CT molecular complexity index is 1010. The summed E-state index contributed by atoms with van der Waals surface area (Å²) in [6.45, 7) is 4.36. The molecule has 0 aliphatic carbocycles. The first-order chi connectivity index (χ1) is 13.5. The zero-order valence-corrected chi connectivity index (χ0v) is 16.2. The fourth-order valence-corrected chi connectivity index (χ4v) is 2.69. The van der Waals surface area contributed by atoms with Crippen LogP contribution < -0.4 is 10.6 Å². The van der Waals surface area contributed by atoms with E-state index in [0.29, 0.717) is 28.6 Å². The van der Waals surface area contributed by atoms with Gasteiger partial charge in [0.2, 0.25) is 0 Å². The van der Waals surface area contributed by atoms with Crippen molar-refractivity contribution in [2.24, 2.45) is 0 Å². The summed E-state index contributed by atoms with van der Waals surface area (Å²) < 4.78 is 14.2. The van der Waals surface area contributed by atoms with Crippen LogP contribution >= 0.6 is 11.6 Å². The highest BCUT2D eigenvalue weighted by Crippen LogP contribution is 2.27. The summed E-state index contributed by atoms with van der Waals surface area (Å²) in [5.41, 5.74) is 1.88. The van der Waals surface area contributed by atoms with Crippen LogP contribution in [-0.2, 0) is 0 Å². The van der Waals surface area contributed by atoms with E-state index in [2.05, 4.69) is 25.6 Å². The lowest BCUT2D eigenvalue weighted by Gasteiger charge is -2.13. The number of pyridine rings is 1. The third-order valence-corrected chi connectivity index (χ3v) is 4.23. The zero-order chi connectivity index (χ0) is 20.1. The molecule has 0 aliphatic rings. The molecule has 3 aromatic rings. The standard InChI is InChI=1S/C20H19ClFN5O/c1-3-7-24-20(28)15-11-23-8-6-17(15)26-18-12(2)10-25-19(27-18)14-9-13(21)4-5-16(14)22/h4-6,8-11H,3,7H2,1-2H3,(H,24,28)(H,23,25,26,27). The molecule has 0 saturated carbocycles. The number of halogens is 2. The average Bonchev–Trinajstić information content (AvgIpc) is 2.70. The first kappa shape index (κ1) is 19.7. The smallest absolute Gasteiger partial charge is 0.254 e. The second-order valence-corrected chi connectivity index (χ2v) is 6.59. The van der Waals surface area contributed by atoms with E-state index in [1.54, 1.807) is 18.5 Å². The highest BCUT2D eigenvalue weighted by molar-refractivity contribution is 6.30. The lowest BCUT2D eigenvalue weighted by atomic mass is 10.2. The largest absolute Gasteiger partial charge is 0.352 e. The number of hydrogen-bond acceptors (Lipinski definition) is 5. The summed E-state index contributed by atoms with van der Waals surface area (Å²) in [6, 6.07) is 5.89. The van der Waals surface area contributed by atoms with Crippen molar-refractivity contribution in [2.45, 2.75) is 20.3 Å². The summed E-state index contributed by atoms with van der Waals surface area (Å²) in [5.74, 6) is -0.0488. The van der Waals surface area contributed by atoms with Crippen molar-refractivity contribution in [3.8, 4) is 11.4 Å². The van der Waals surface area contributed by atoms with E-state index in [-0.39, 0.29) is 17.3 Å². The van der Waals surface area contributed by atoms with Crippen LogP contribution in [-0.4, -0.2) is 27.4 Å². The van der Waals surface area contributed by atoms with E-state index in [9.17, 15) is 9.18 Å². The van der Waals surface area contributed by atoms with Gasteiger partial charge in [-0.25, -0.2) is 14.4 Å². The van der Waals surface area contributed by atoms with E-state index in [0.717, 1.165) is 12.0 Å². The van der Waals surface area contributed by atoms with Gasteiger partial charge in [0.25, 0.3) is 5.91 Å². The topological polar surface area (TPSA) is 79.8 Å². The van der Waals surface area contributed by atoms with Crippen LogP contribution in [0.25, 0.3) is 11.4 Å². The van der Waals surface area contributed by atoms with Crippen LogP contribution in [0.3, 0.4) is 0 Å². The molecule has 0 unspecified atom stereocenters. The third-order valence-electron chi connectivity index (χ3n) is 4.00. The number of anilines is 2. The SMILES string of the molecule is CCCNC(=O)c1cnccc1Nc1nc(-c2cc(Cl)ccc2F)ncc1C. The summed E-state index contributed by atoms with van der Waals surface area (Å²) in [6.07, 6.45) is 5.48. The second-order valence-electron chi connectivity index (χ2n) is 6.15. The highest BCUT2D eigenvalue weighted by atomic mass is 35.5. The van der Waals surface area contributed by atoms with Gasteiger partial charge in [0.15, 0.2) is 5.82 Å². The summed E-state index contributed by atoms with van der Waals surface area (Å²) in [7, 11) is 0. The van der Waals surface area contributed by atoms with Crippen molar-refractivity contribution in [2.75, 3.05) is 11.9 Å². The predicted octanol–water partition coefficient (Wildman–Crippen LogP) is 4.52. The molecule has 8 heteroatoms. The molecule has 2 heterocycles. The molecule has 1 aromatic carbocycles. The Balaban J connectivity index is 1.96. The Hall–Kier alpha value is -3.06. The van der Waals surface area contributed by atoms with E-state index >= 15 is 0 Å². The third kappa shape index (κ3) is 4.43. The van der Waals surface area contributed by atoms with Crippen molar-refractivity contribution < 1.29 is 9.18 Å². The van der Waals surface area contributed by atoms with Gasteiger partial charge in [-0.2, -0.15) is 0 Å². The van der Waals surface area contributed by atoms with E-state index in [1.807, 2.05) is 13.8 Å². The number of carbonyl (C=O) groups is 1. The molecule has 1 amide bonds. The zero-order valence-electron chi connectivity index (χ0n) is 15.5. The molecule has 28 heavy (non-hydrogen) atoms. The number of nitrogens with one attached hydrogen (secondary N) is 2. The Morgan fingerprint density at radius 2 is 2.07 bits per heavy atom. The van der Waals surface area contributed by atoms with Crippen molar-refractivity contribution in [1.82, 2.24) is 20.3 Å². The van der Waals surface area contributed by atoms with Crippen molar-refractivity contribution in [1.29, 1.82) is 0 Å². The maximum absolute atomic E-state index is 14.2. The van der Waals surface area contributed by atoms with Crippen molar-refractivity contribution in [3.63, 3.8) is 0 Å². The quantitative estimate of drug-likeness (QED) is 0.636. The minimum Gasteiger partial charge on any atom is -0.352 e. The van der Waals surface area contributed by atoms with Gasteiger partial charge in [0.05, 0.1) is 16.8 Å². The molecule has 6 nitrogen and oxygen atoms in total. The molecule has 3 rings (SSSR count). The molecule has 0 fully saturated rings. The van der Waals surface area contributed by atoms with Gasteiger partial charge < -0.3 is 10.6 Å². The molecule has 0 spiro atoms. The van der Waals surface area contributed by atoms with Gasteiger partial charge in [-0.15, -0.1) is 0 Å². The summed E-state index contributed by atoms with van der Waals surface area (Å²) in [4.78, 5) is 25.0. The number of carbonyl (C=O) groups excluding carboxylic acids is 1. The Kier molecular flexibility index (Phi) is 6.16. The molecular weight excluding hydrogens is 381 g/mol. The van der Waals surface area contributed by atoms with Crippen LogP contribution in [0.1, 0.15) is 29.3 Å². The first-order valence-corrected chi connectivity index (χ1v) is 9.15. The molecule has 0 atom stereocenters. The van der Waals surface area contributed by atoms with Crippen LogP contribution in [0.15, 0.2) is 42.9 Å². The highest BCUT2D eigenvalue weighted by Gasteiger charge is 2.15. The van der Waals surface area contributed by atoms with E-state index in [4.69, 9.17) is 11.6 Å². The first-order valence-electron chi connectivity index (χ1n) is 8.78. The summed E-state index contributed by atoms with van der Waals surface area (Å²) in [5, 5.41) is 6.35. The lowest BCUT2D eigenvalue weighted by Crippen LogP contribution is -2.25. The fourth-order valence-electron chi connectivity index (χ4n) is 2.51. The van der Waals surface area contributed by atoms with Gasteiger partial charge in [-0.3, -0.25) is 9.78 Å². The van der Waals surface area contributed by atoms with Crippen molar-refractivity contribution >= 4 is 29.0 Å². The predicted molar refractivity (Wildman–Crippen MR) is 107 cm³/mol. The normalized spacial score (nSPS) is 10.6. The molecule has 0 saturated heterocycles. The second kappa shape index (κ2) is 8.75. The Morgan fingerprint density at radius 3 is 2.86 bits per heavy atom. The number of nitrogens with zero attached hydrogens (tertiary/aromatic N) is 3. The summed E-state index contributed by atoms with van der Waals surface area (Å²) >= 11 is 5.98. The minimum atomic E-state index is -0.470. The number of rotatable bonds is 6. The monoisotopic (exact) mass is 399 g/mol. The number of benzene rings is 1. The molecule has 144 valence electrons. The van der Waals surface area contributed by atoms with E-state index < -0.39 is 5.82 Å². The van der Waals surface area contributed by atoms with Gasteiger partial charge in [0.1, 0.15) is 11.6 Å². The maximum Gasteiger partial charge on any atom is 0.254 e. The Labute approximate surface area is 167 Å². The number of hydrogen-bond donors (Lipinski definition) is 2. The Morgan fingerprint density at radius 1 is 1.25 bits per heavy atom. The van der Waals surface area contributed by atoms with Gasteiger partial charge in [0, 0.05) is 35.7 Å². The molecule has 0 aliphatic heterocycles. The van der Waals surface area contributed by atoms with Crippen LogP contribution in [0.2, 0.25) is 5.02 Å². The van der Waals surface area contributed by atoms with Gasteiger partial charge >= 0.3 is 0 Å². The molecule has 0 radical (unpaired) electrons. The molecule has 2 aromatic heterocycles. The van der Waals surface area contributed by atoms with Crippen LogP contribution in [0.4, 0.5) is 15.9 Å². The van der Waals surface area contributed by atoms with E-state index in [1.165, 1.54) is 24.4 Å². The molecular formula is C20H19ClFN5O. The average molecular weight is 400 g/mol. The molecule has 0 bridgehead atoms.